The summed E-state index contributed by atoms with van der Waals surface area (Å²) in [6.07, 6.45) is 2.34. The fourth-order valence-corrected chi connectivity index (χ4v) is 2.04. The first-order chi connectivity index (χ1) is 8.00. The smallest absolute Gasteiger partial charge is 0.236 e. The number of carbonyl (C=O) groups is 1. The van der Waals surface area contributed by atoms with E-state index >= 15 is 0 Å². The highest BCUT2D eigenvalue weighted by Gasteiger charge is 2.31. The van der Waals surface area contributed by atoms with E-state index in [1.54, 1.807) is 0 Å². The van der Waals surface area contributed by atoms with Crippen LogP contribution in [0.3, 0.4) is 0 Å². The van der Waals surface area contributed by atoms with Gasteiger partial charge in [-0.15, -0.1) is 0 Å². The summed E-state index contributed by atoms with van der Waals surface area (Å²) in [6.45, 7) is 10.7. The molecule has 1 aliphatic rings. The van der Waals surface area contributed by atoms with Crippen molar-refractivity contribution in [1.82, 2.24) is 10.2 Å². The minimum atomic E-state index is -0.203. The first-order valence-corrected chi connectivity index (χ1v) is 6.64. The van der Waals surface area contributed by atoms with Crippen molar-refractivity contribution in [2.24, 2.45) is 0 Å². The average molecular weight is 242 g/mol. The Labute approximate surface area is 105 Å². The SMILES string of the molecule is CCOC(C)(C)CNCC(=O)N(CC)C1CC1. The van der Waals surface area contributed by atoms with Gasteiger partial charge < -0.3 is 15.0 Å². The van der Waals surface area contributed by atoms with Gasteiger partial charge in [0.2, 0.25) is 5.91 Å². The van der Waals surface area contributed by atoms with Crippen molar-refractivity contribution in [1.29, 1.82) is 0 Å². The second-order valence-corrected chi connectivity index (χ2v) is 5.21. The third kappa shape index (κ3) is 5.04. The lowest BCUT2D eigenvalue weighted by molar-refractivity contribution is -0.130. The molecule has 1 N–H and O–H groups in total. The molecule has 0 unspecified atom stereocenters. The van der Waals surface area contributed by atoms with Gasteiger partial charge in [0.1, 0.15) is 0 Å². The Balaban J connectivity index is 2.23. The molecule has 1 amide bonds. The maximum absolute atomic E-state index is 11.9. The first kappa shape index (κ1) is 14.5. The van der Waals surface area contributed by atoms with E-state index < -0.39 is 0 Å². The number of carbonyl (C=O) groups excluding carboxylic acids is 1. The van der Waals surface area contributed by atoms with Gasteiger partial charge in [-0.2, -0.15) is 0 Å². The van der Waals surface area contributed by atoms with E-state index in [2.05, 4.69) is 5.32 Å². The summed E-state index contributed by atoms with van der Waals surface area (Å²) in [4.78, 5) is 13.9. The standard InChI is InChI=1S/C13H26N2O2/c1-5-15(11-7-8-11)12(16)9-14-10-13(3,4)17-6-2/h11,14H,5-10H2,1-4H3. The zero-order valence-electron chi connectivity index (χ0n) is 11.6. The van der Waals surface area contributed by atoms with E-state index in [1.165, 1.54) is 12.8 Å². The van der Waals surface area contributed by atoms with Crippen molar-refractivity contribution < 1.29 is 9.53 Å². The first-order valence-electron chi connectivity index (χ1n) is 6.64. The molecular weight excluding hydrogens is 216 g/mol. The molecule has 0 aromatic carbocycles. The van der Waals surface area contributed by atoms with Crippen LogP contribution in [0.15, 0.2) is 0 Å². The van der Waals surface area contributed by atoms with Gasteiger partial charge in [0.15, 0.2) is 0 Å². The van der Waals surface area contributed by atoms with Crippen LogP contribution in [-0.4, -0.2) is 48.7 Å². The van der Waals surface area contributed by atoms with Gasteiger partial charge >= 0.3 is 0 Å². The number of ether oxygens (including phenoxy) is 1. The number of hydrogen-bond acceptors (Lipinski definition) is 3. The molecule has 0 radical (unpaired) electrons. The number of hydrogen-bond donors (Lipinski definition) is 1. The summed E-state index contributed by atoms with van der Waals surface area (Å²) < 4.78 is 5.57. The molecule has 0 aromatic heterocycles. The Bertz CT molecular complexity index is 250. The number of amides is 1. The molecule has 17 heavy (non-hydrogen) atoms. The topological polar surface area (TPSA) is 41.6 Å². The van der Waals surface area contributed by atoms with E-state index in [4.69, 9.17) is 4.74 Å². The third-order valence-electron chi connectivity index (χ3n) is 3.01. The molecule has 0 aromatic rings. The summed E-state index contributed by atoms with van der Waals surface area (Å²) in [5.41, 5.74) is -0.203. The number of rotatable bonds is 8. The lowest BCUT2D eigenvalue weighted by Gasteiger charge is -2.26. The minimum Gasteiger partial charge on any atom is -0.375 e. The van der Waals surface area contributed by atoms with Crippen LogP contribution in [-0.2, 0) is 9.53 Å². The van der Waals surface area contributed by atoms with Crippen LogP contribution in [0.1, 0.15) is 40.5 Å². The van der Waals surface area contributed by atoms with E-state index in [1.807, 2.05) is 32.6 Å². The van der Waals surface area contributed by atoms with Crippen molar-refractivity contribution in [3.63, 3.8) is 0 Å². The largest absolute Gasteiger partial charge is 0.375 e. The molecule has 4 nitrogen and oxygen atoms in total. The van der Waals surface area contributed by atoms with Crippen LogP contribution < -0.4 is 5.32 Å². The lowest BCUT2D eigenvalue weighted by atomic mass is 10.1. The van der Waals surface area contributed by atoms with Gasteiger partial charge in [0.05, 0.1) is 12.1 Å². The van der Waals surface area contributed by atoms with E-state index in [9.17, 15) is 4.79 Å². The highest BCUT2D eigenvalue weighted by Crippen LogP contribution is 2.26. The molecule has 100 valence electrons. The summed E-state index contributed by atoms with van der Waals surface area (Å²) in [7, 11) is 0. The van der Waals surface area contributed by atoms with Gasteiger partial charge in [-0.3, -0.25) is 4.79 Å². The normalized spacial score (nSPS) is 16.0. The number of nitrogens with zero attached hydrogens (tertiary/aromatic N) is 1. The predicted molar refractivity (Wildman–Crippen MR) is 69.0 cm³/mol. The van der Waals surface area contributed by atoms with Gasteiger partial charge in [-0.1, -0.05) is 0 Å². The summed E-state index contributed by atoms with van der Waals surface area (Å²) >= 11 is 0. The van der Waals surface area contributed by atoms with Crippen molar-refractivity contribution >= 4 is 5.91 Å². The Kier molecular flexibility index (Phi) is 5.40. The molecule has 0 heterocycles. The van der Waals surface area contributed by atoms with Gasteiger partial charge in [0, 0.05) is 25.7 Å². The second-order valence-electron chi connectivity index (χ2n) is 5.21. The number of likely N-dealkylation sites (N-methyl/N-ethyl adjacent to an activating group) is 1. The highest BCUT2D eigenvalue weighted by molar-refractivity contribution is 5.78. The van der Waals surface area contributed by atoms with Gasteiger partial charge in [0.25, 0.3) is 0 Å². The average Bonchev–Trinajstić information content (AvgIpc) is 3.02. The van der Waals surface area contributed by atoms with Crippen LogP contribution in [0.25, 0.3) is 0 Å². The van der Waals surface area contributed by atoms with Crippen LogP contribution in [0, 0.1) is 0 Å². The molecule has 0 bridgehead atoms. The Hall–Kier alpha value is -0.610. The predicted octanol–water partition coefficient (Wildman–Crippen LogP) is 1.40. The summed E-state index contributed by atoms with van der Waals surface area (Å²) in [5.74, 6) is 0.210. The van der Waals surface area contributed by atoms with Crippen molar-refractivity contribution in [2.45, 2.75) is 52.2 Å². The van der Waals surface area contributed by atoms with Gasteiger partial charge in [-0.25, -0.2) is 0 Å². The Morgan fingerprint density at radius 3 is 2.53 bits per heavy atom. The molecule has 0 saturated heterocycles. The van der Waals surface area contributed by atoms with E-state index in [0.29, 0.717) is 25.7 Å². The summed E-state index contributed by atoms with van der Waals surface area (Å²) in [6, 6.07) is 0.509. The maximum atomic E-state index is 11.9. The lowest BCUT2D eigenvalue weighted by Crippen LogP contribution is -2.44. The molecule has 1 aliphatic carbocycles. The monoisotopic (exact) mass is 242 g/mol. The minimum absolute atomic E-state index is 0.203. The fourth-order valence-electron chi connectivity index (χ4n) is 2.04. The molecule has 1 rings (SSSR count). The van der Waals surface area contributed by atoms with Crippen molar-refractivity contribution in [3.05, 3.63) is 0 Å². The molecular formula is C13H26N2O2. The van der Waals surface area contributed by atoms with E-state index in [-0.39, 0.29) is 11.5 Å². The van der Waals surface area contributed by atoms with Gasteiger partial charge in [-0.05, 0) is 40.5 Å². The fraction of sp³-hybridized carbons (Fsp3) is 0.923. The molecule has 0 spiro atoms. The van der Waals surface area contributed by atoms with Crippen LogP contribution in [0.4, 0.5) is 0 Å². The molecule has 1 fully saturated rings. The quantitative estimate of drug-likeness (QED) is 0.699. The zero-order chi connectivity index (χ0) is 12.9. The highest BCUT2D eigenvalue weighted by atomic mass is 16.5. The van der Waals surface area contributed by atoms with Crippen LogP contribution in [0.2, 0.25) is 0 Å². The molecule has 0 atom stereocenters. The van der Waals surface area contributed by atoms with Crippen LogP contribution in [0.5, 0.6) is 0 Å². The van der Waals surface area contributed by atoms with Crippen LogP contribution >= 0.6 is 0 Å². The third-order valence-corrected chi connectivity index (χ3v) is 3.01. The van der Waals surface area contributed by atoms with E-state index in [0.717, 1.165) is 6.54 Å². The van der Waals surface area contributed by atoms with Crippen molar-refractivity contribution in [3.8, 4) is 0 Å². The number of nitrogens with one attached hydrogen (secondary N) is 1. The molecule has 0 aliphatic heterocycles. The Morgan fingerprint density at radius 2 is 2.06 bits per heavy atom. The summed E-state index contributed by atoms with van der Waals surface area (Å²) in [5, 5.41) is 3.19. The van der Waals surface area contributed by atoms with Crippen molar-refractivity contribution in [2.75, 3.05) is 26.2 Å². The maximum Gasteiger partial charge on any atom is 0.236 e. The Morgan fingerprint density at radius 1 is 1.41 bits per heavy atom. The molecule has 1 saturated carbocycles. The second kappa shape index (κ2) is 6.36. The zero-order valence-corrected chi connectivity index (χ0v) is 11.6. The molecule has 4 heteroatoms.